The van der Waals surface area contributed by atoms with Crippen LogP contribution in [0.1, 0.15) is 13.9 Å². The second-order valence-electron chi connectivity index (χ2n) is 5.92. The quantitative estimate of drug-likeness (QED) is 0.424. The van der Waals surface area contributed by atoms with Gasteiger partial charge in [-0.2, -0.15) is 8.42 Å². The summed E-state index contributed by atoms with van der Waals surface area (Å²) in [5, 5.41) is -0.884. The number of benzene rings is 1. The van der Waals surface area contributed by atoms with E-state index in [1.165, 1.54) is 6.92 Å². The number of rotatable bonds is 7. The maximum Gasteiger partial charge on any atom is 1.00 e. The van der Waals surface area contributed by atoms with Crippen LogP contribution >= 0.6 is 0 Å². The molecule has 0 aromatic heterocycles. The Morgan fingerprint density at radius 2 is 1.65 bits per heavy atom. The maximum absolute atomic E-state index is 11.3. The van der Waals surface area contributed by atoms with Gasteiger partial charge >= 0.3 is 29.6 Å². The van der Waals surface area contributed by atoms with Gasteiger partial charge in [0.1, 0.15) is 5.37 Å². The van der Waals surface area contributed by atoms with Crippen LogP contribution in [0.2, 0.25) is 0 Å². The van der Waals surface area contributed by atoms with E-state index in [9.17, 15) is 13.0 Å². The number of nitrogens with zero attached hydrogens (tertiary/aromatic N) is 2. The van der Waals surface area contributed by atoms with Crippen LogP contribution in [0.25, 0.3) is 0 Å². The molecule has 1 aromatic rings. The molecule has 1 aromatic carbocycles. The molecule has 1 heterocycles. The van der Waals surface area contributed by atoms with E-state index in [1.54, 1.807) is 26.2 Å². The predicted molar refractivity (Wildman–Crippen MR) is 95.1 cm³/mol. The Morgan fingerprint density at radius 3 is 2.12 bits per heavy atom. The fourth-order valence-corrected chi connectivity index (χ4v) is 3.59. The summed E-state index contributed by atoms with van der Waals surface area (Å²) in [6, 6.07) is 3.78. The summed E-state index contributed by atoms with van der Waals surface area (Å²) in [6.07, 6.45) is 0. The van der Waals surface area contributed by atoms with Crippen LogP contribution in [0.15, 0.2) is 12.1 Å². The number of hydrogen-bond donors (Lipinski definition) is 1. The molecule has 0 spiro atoms. The summed E-state index contributed by atoms with van der Waals surface area (Å²) < 4.78 is 47.9. The Bertz CT molecular complexity index is 698. The first-order valence-corrected chi connectivity index (χ1v) is 9.52. The van der Waals surface area contributed by atoms with Crippen molar-refractivity contribution in [1.29, 1.82) is 0 Å². The molecule has 0 aliphatic carbocycles. The van der Waals surface area contributed by atoms with Gasteiger partial charge in [-0.25, -0.2) is 0 Å². The van der Waals surface area contributed by atoms with E-state index in [4.69, 9.17) is 14.2 Å². The van der Waals surface area contributed by atoms with Crippen molar-refractivity contribution < 1.29 is 58.2 Å². The average molecular weight is 398 g/mol. The van der Waals surface area contributed by atoms with Gasteiger partial charge in [0.25, 0.3) is 10.1 Å². The van der Waals surface area contributed by atoms with E-state index < -0.39 is 15.5 Å². The SMILES string of the molecule is COc1ccc(CN2CCN(C(C)S(=O)(=O)O)CC2)c(OC)c1OC.[H-].[Na+]. The van der Waals surface area contributed by atoms with Crippen molar-refractivity contribution in [2.24, 2.45) is 0 Å². The molecular weight excluding hydrogens is 371 g/mol. The molecule has 1 saturated heterocycles. The van der Waals surface area contributed by atoms with Crippen molar-refractivity contribution in [1.82, 2.24) is 9.80 Å². The van der Waals surface area contributed by atoms with E-state index in [0.29, 0.717) is 50.0 Å². The minimum Gasteiger partial charge on any atom is -1.00 e. The van der Waals surface area contributed by atoms with Crippen molar-refractivity contribution in [3.8, 4) is 17.2 Å². The molecule has 8 nitrogen and oxygen atoms in total. The monoisotopic (exact) mass is 398 g/mol. The van der Waals surface area contributed by atoms with E-state index in [-0.39, 0.29) is 31.0 Å². The van der Waals surface area contributed by atoms with Crippen LogP contribution in [0.5, 0.6) is 17.2 Å². The molecule has 144 valence electrons. The second-order valence-corrected chi connectivity index (χ2v) is 7.63. The van der Waals surface area contributed by atoms with Crippen LogP contribution in [-0.2, 0) is 16.7 Å². The molecule has 26 heavy (non-hydrogen) atoms. The summed E-state index contributed by atoms with van der Waals surface area (Å²) in [5.74, 6) is 1.80. The Morgan fingerprint density at radius 1 is 1.08 bits per heavy atom. The zero-order chi connectivity index (χ0) is 18.6. The van der Waals surface area contributed by atoms with E-state index >= 15 is 0 Å². The fourth-order valence-electron chi connectivity index (χ4n) is 3.00. The van der Waals surface area contributed by atoms with Crippen LogP contribution in [-0.4, -0.2) is 75.7 Å². The number of ether oxygens (including phenoxy) is 3. The summed E-state index contributed by atoms with van der Waals surface area (Å²) in [4.78, 5) is 3.97. The minimum absolute atomic E-state index is 0. The smallest absolute Gasteiger partial charge is 1.00 e. The van der Waals surface area contributed by atoms with E-state index in [1.807, 2.05) is 12.1 Å². The van der Waals surface area contributed by atoms with Crippen molar-refractivity contribution in [2.45, 2.75) is 18.8 Å². The average Bonchev–Trinajstić information content (AvgIpc) is 2.60. The molecular formula is C16H27N2NaO6S. The Labute approximate surface area is 178 Å². The van der Waals surface area contributed by atoms with Crippen LogP contribution < -0.4 is 43.8 Å². The normalized spacial score (nSPS) is 17.3. The Hall–Kier alpha value is -0.550. The first-order chi connectivity index (χ1) is 11.8. The van der Waals surface area contributed by atoms with Crippen LogP contribution in [0.3, 0.4) is 0 Å². The topological polar surface area (TPSA) is 88.5 Å². The van der Waals surface area contributed by atoms with Gasteiger partial charge < -0.3 is 15.6 Å². The molecule has 10 heteroatoms. The zero-order valence-electron chi connectivity index (χ0n) is 17.1. The Kier molecular flexibility index (Phi) is 9.14. The van der Waals surface area contributed by atoms with Gasteiger partial charge in [0.2, 0.25) is 5.75 Å². The third-order valence-electron chi connectivity index (χ3n) is 4.53. The first-order valence-electron chi connectivity index (χ1n) is 8.02. The summed E-state index contributed by atoms with van der Waals surface area (Å²) in [7, 11) is 0.686. The van der Waals surface area contributed by atoms with Gasteiger partial charge in [-0.05, 0) is 13.0 Å². The molecule has 1 N–H and O–H groups in total. The number of piperazine rings is 1. The molecule has 1 aliphatic heterocycles. The van der Waals surface area contributed by atoms with Crippen molar-refractivity contribution >= 4 is 10.1 Å². The number of methoxy groups -OCH3 is 3. The van der Waals surface area contributed by atoms with Crippen molar-refractivity contribution in [2.75, 3.05) is 47.5 Å². The minimum atomic E-state index is -4.05. The third kappa shape index (κ3) is 5.48. The van der Waals surface area contributed by atoms with Crippen LogP contribution in [0.4, 0.5) is 0 Å². The van der Waals surface area contributed by atoms with Crippen molar-refractivity contribution in [3.05, 3.63) is 17.7 Å². The maximum atomic E-state index is 11.3. The van der Waals surface area contributed by atoms with E-state index in [0.717, 1.165) is 5.56 Å². The third-order valence-corrected chi connectivity index (χ3v) is 5.69. The molecule has 0 saturated carbocycles. The molecule has 1 fully saturated rings. The number of hydrogen-bond acceptors (Lipinski definition) is 7. The molecule has 2 rings (SSSR count). The summed E-state index contributed by atoms with van der Waals surface area (Å²) >= 11 is 0. The van der Waals surface area contributed by atoms with Gasteiger partial charge in [0.05, 0.1) is 21.3 Å². The molecule has 1 unspecified atom stereocenters. The predicted octanol–water partition coefficient (Wildman–Crippen LogP) is -1.82. The van der Waals surface area contributed by atoms with Gasteiger partial charge in [-0.1, -0.05) is 6.07 Å². The first kappa shape index (κ1) is 23.5. The summed E-state index contributed by atoms with van der Waals surface area (Å²) in [5.41, 5.74) is 0.969. The van der Waals surface area contributed by atoms with Gasteiger partial charge in [-0.15, -0.1) is 0 Å². The summed E-state index contributed by atoms with van der Waals surface area (Å²) in [6.45, 7) is 4.67. The van der Waals surface area contributed by atoms with Crippen molar-refractivity contribution in [3.63, 3.8) is 0 Å². The van der Waals surface area contributed by atoms with Gasteiger partial charge in [-0.3, -0.25) is 14.4 Å². The zero-order valence-corrected chi connectivity index (χ0v) is 18.9. The molecule has 0 amide bonds. The second kappa shape index (κ2) is 10.1. The fraction of sp³-hybridized carbons (Fsp3) is 0.625. The molecule has 0 bridgehead atoms. The largest absolute Gasteiger partial charge is 1.00 e. The Balaban J connectivity index is 0.00000338. The molecule has 1 aliphatic rings. The van der Waals surface area contributed by atoms with E-state index in [2.05, 4.69) is 4.90 Å². The molecule has 0 radical (unpaired) electrons. The van der Waals surface area contributed by atoms with Gasteiger partial charge in [0, 0.05) is 38.3 Å². The standard InChI is InChI=1S/C16H26N2O6S.Na.H/c1-12(25(19,20)21)18-9-7-17(8-10-18)11-13-5-6-14(22-2)16(24-4)15(13)23-3;;/h5-6,12H,7-11H2,1-4H3,(H,19,20,21);;/q;+1;-1. The van der Waals surface area contributed by atoms with Crippen LogP contribution in [0, 0.1) is 0 Å². The van der Waals surface area contributed by atoms with Gasteiger partial charge in [0.15, 0.2) is 11.5 Å². The molecule has 1 atom stereocenters.